The van der Waals surface area contributed by atoms with Crippen LogP contribution >= 0.6 is 11.3 Å². The van der Waals surface area contributed by atoms with E-state index in [9.17, 15) is 14.7 Å². The Morgan fingerprint density at radius 1 is 1.30 bits per heavy atom. The zero-order valence-corrected chi connectivity index (χ0v) is 19.0. The number of aliphatic hydroxyl groups is 1. The largest absolute Gasteiger partial charge is 0.394 e. The van der Waals surface area contributed by atoms with E-state index in [-0.39, 0.29) is 23.8 Å². The average Bonchev–Trinajstić information content (AvgIpc) is 3.34. The first-order chi connectivity index (χ1) is 14.2. The quantitative estimate of drug-likeness (QED) is 0.734. The molecule has 2 unspecified atom stereocenters. The third kappa shape index (κ3) is 5.26. The van der Waals surface area contributed by atoms with E-state index >= 15 is 0 Å². The van der Waals surface area contributed by atoms with Gasteiger partial charge in [0, 0.05) is 13.0 Å². The standard InChI is InChI=1S/C23H31N3O3S/c1-15-21(30-14-24-15)17-9-7-16(8-10-17)18(13-27)25-22(29)19-6-5-11-26(19)20(28)12-23(2,3)4/h7-10,14,18-19,27H,5-6,11-13H2,1-4H3,(H,25,29). The number of nitrogens with zero attached hydrogens (tertiary/aromatic N) is 2. The van der Waals surface area contributed by atoms with Crippen molar-refractivity contribution < 1.29 is 14.7 Å². The highest BCUT2D eigenvalue weighted by Crippen LogP contribution is 2.29. The van der Waals surface area contributed by atoms with Crippen LogP contribution in [-0.4, -0.2) is 46.0 Å². The van der Waals surface area contributed by atoms with Crippen LogP contribution in [-0.2, 0) is 9.59 Å². The zero-order chi connectivity index (χ0) is 21.9. The highest BCUT2D eigenvalue weighted by atomic mass is 32.1. The minimum absolute atomic E-state index is 0.0185. The number of aryl methyl sites for hydroxylation is 1. The Balaban J connectivity index is 1.68. The van der Waals surface area contributed by atoms with Gasteiger partial charge in [0.15, 0.2) is 0 Å². The van der Waals surface area contributed by atoms with Gasteiger partial charge in [0.25, 0.3) is 0 Å². The molecule has 0 radical (unpaired) electrons. The lowest BCUT2D eigenvalue weighted by molar-refractivity contribution is -0.140. The average molecular weight is 430 g/mol. The maximum atomic E-state index is 12.9. The highest BCUT2D eigenvalue weighted by Gasteiger charge is 2.36. The number of carbonyl (C=O) groups is 2. The molecule has 0 aliphatic carbocycles. The van der Waals surface area contributed by atoms with Crippen molar-refractivity contribution in [1.82, 2.24) is 15.2 Å². The summed E-state index contributed by atoms with van der Waals surface area (Å²) in [5.41, 5.74) is 4.59. The summed E-state index contributed by atoms with van der Waals surface area (Å²) in [7, 11) is 0. The smallest absolute Gasteiger partial charge is 0.243 e. The van der Waals surface area contributed by atoms with E-state index in [1.54, 1.807) is 16.2 Å². The Kier molecular flexibility index (Phi) is 6.93. The van der Waals surface area contributed by atoms with E-state index in [0.717, 1.165) is 28.1 Å². The summed E-state index contributed by atoms with van der Waals surface area (Å²) in [5, 5.41) is 12.8. The summed E-state index contributed by atoms with van der Waals surface area (Å²) in [5.74, 6) is -0.179. The topological polar surface area (TPSA) is 82.5 Å². The summed E-state index contributed by atoms with van der Waals surface area (Å²) in [6, 6.07) is 6.85. The van der Waals surface area contributed by atoms with Gasteiger partial charge in [0.1, 0.15) is 6.04 Å². The molecule has 162 valence electrons. The SMILES string of the molecule is Cc1ncsc1-c1ccc(C(CO)NC(=O)C2CCCN2C(=O)CC(C)(C)C)cc1. The molecule has 0 bridgehead atoms. The molecule has 2 amide bonds. The maximum Gasteiger partial charge on any atom is 0.243 e. The van der Waals surface area contributed by atoms with Gasteiger partial charge >= 0.3 is 0 Å². The van der Waals surface area contributed by atoms with Gasteiger partial charge in [-0.3, -0.25) is 9.59 Å². The lowest BCUT2D eigenvalue weighted by Gasteiger charge is -2.28. The van der Waals surface area contributed by atoms with Gasteiger partial charge in [-0.05, 0) is 36.3 Å². The molecule has 1 aromatic carbocycles. The number of likely N-dealkylation sites (tertiary alicyclic amines) is 1. The number of hydrogen-bond acceptors (Lipinski definition) is 5. The molecule has 30 heavy (non-hydrogen) atoms. The Hall–Kier alpha value is -2.25. The molecule has 1 aliphatic rings. The highest BCUT2D eigenvalue weighted by molar-refractivity contribution is 7.13. The van der Waals surface area contributed by atoms with Crippen LogP contribution < -0.4 is 5.32 Å². The Bertz CT molecular complexity index is 886. The molecular formula is C23H31N3O3S. The van der Waals surface area contributed by atoms with Gasteiger partial charge in [0.05, 0.1) is 28.7 Å². The van der Waals surface area contributed by atoms with Crippen molar-refractivity contribution in [2.24, 2.45) is 5.41 Å². The van der Waals surface area contributed by atoms with Gasteiger partial charge in [-0.1, -0.05) is 45.0 Å². The normalized spacial score (nSPS) is 17.8. The van der Waals surface area contributed by atoms with Crippen molar-refractivity contribution in [1.29, 1.82) is 0 Å². The molecule has 2 aromatic rings. The van der Waals surface area contributed by atoms with Gasteiger partial charge in [0.2, 0.25) is 11.8 Å². The molecule has 2 atom stereocenters. The first-order valence-corrected chi connectivity index (χ1v) is 11.3. The molecule has 1 aromatic heterocycles. The van der Waals surface area contributed by atoms with Crippen molar-refractivity contribution in [2.45, 2.75) is 59.0 Å². The Morgan fingerprint density at radius 2 is 2.00 bits per heavy atom. The summed E-state index contributed by atoms with van der Waals surface area (Å²) in [6.45, 7) is 8.46. The molecule has 6 nitrogen and oxygen atoms in total. The third-order valence-corrected chi connectivity index (χ3v) is 6.35. The van der Waals surface area contributed by atoms with Crippen molar-refractivity contribution >= 4 is 23.2 Å². The Morgan fingerprint density at radius 3 is 2.57 bits per heavy atom. The molecule has 0 spiro atoms. The fraction of sp³-hybridized carbons (Fsp3) is 0.522. The van der Waals surface area contributed by atoms with E-state index in [1.165, 1.54) is 0 Å². The Labute approximate surface area is 182 Å². The lowest BCUT2D eigenvalue weighted by atomic mass is 9.91. The molecule has 3 rings (SSSR count). The van der Waals surface area contributed by atoms with Crippen molar-refractivity contribution in [3.05, 3.63) is 41.0 Å². The molecule has 1 fully saturated rings. The fourth-order valence-electron chi connectivity index (χ4n) is 3.84. The fourth-order valence-corrected chi connectivity index (χ4v) is 4.65. The lowest BCUT2D eigenvalue weighted by Crippen LogP contribution is -2.48. The van der Waals surface area contributed by atoms with Gasteiger partial charge in [-0.25, -0.2) is 4.98 Å². The first-order valence-electron chi connectivity index (χ1n) is 10.4. The minimum Gasteiger partial charge on any atom is -0.394 e. The van der Waals surface area contributed by atoms with Crippen LogP contribution in [0.5, 0.6) is 0 Å². The molecule has 2 N–H and O–H groups in total. The van der Waals surface area contributed by atoms with Crippen LogP contribution in [0.15, 0.2) is 29.8 Å². The van der Waals surface area contributed by atoms with E-state index < -0.39 is 12.1 Å². The third-order valence-electron chi connectivity index (χ3n) is 5.38. The van der Waals surface area contributed by atoms with E-state index in [4.69, 9.17) is 0 Å². The first kappa shape index (κ1) is 22.4. The zero-order valence-electron chi connectivity index (χ0n) is 18.1. The van der Waals surface area contributed by atoms with Gasteiger partial charge in [-0.2, -0.15) is 0 Å². The van der Waals surface area contributed by atoms with Crippen molar-refractivity contribution in [3.63, 3.8) is 0 Å². The van der Waals surface area contributed by atoms with E-state index in [0.29, 0.717) is 19.4 Å². The molecule has 2 heterocycles. The van der Waals surface area contributed by atoms with Gasteiger partial charge in [-0.15, -0.1) is 11.3 Å². The van der Waals surface area contributed by atoms with Crippen LogP contribution in [0.2, 0.25) is 0 Å². The van der Waals surface area contributed by atoms with Crippen molar-refractivity contribution in [3.8, 4) is 10.4 Å². The summed E-state index contributed by atoms with van der Waals surface area (Å²) < 4.78 is 0. The van der Waals surface area contributed by atoms with Crippen LogP contribution in [0.3, 0.4) is 0 Å². The molecule has 1 saturated heterocycles. The minimum atomic E-state index is -0.505. The van der Waals surface area contributed by atoms with Crippen LogP contribution in [0, 0.1) is 12.3 Å². The van der Waals surface area contributed by atoms with Crippen molar-refractivity contribution in [2.75, 3.05) is 13.2 Å². The number of nitrogens with one attached hydrogen (secondary N) is 1. The summed E-state index contributed by atoms with van der Waals surface area (Å²) in [4.78, 5) is 32.7. The number of thiazole rings is 1. The predicted molar refractivity (Wildman–Crippen MR) is 119 cm³/mol. The number of aliphatic hydroxyl groups excluding tert-OH is 1. The number of benzene rings is 1. The summed E-state index contributed by atoms with van der Waals surface area (Å²) in [6.07, 6.45) is 1.89. The van der Waals surface area contributed by atoms with Crippen LogP contribution in [0.1, 0.15) is 57.3 Å². The summed E-state index contributed by atoms with van der Waals surface area (Å²) >= 11 is 1.59. The molecule has 7 heteroatoms. The number of aromatic nitrogens is 1. The molecular weight excluding hydrogens is 398 g/mol. The second-order valence-corrected chi connectivity index (χ2v) is 9.97. The second kappa shape index (κ2) is 9.27. The second-order valence-electron chi connectivity index (χ2n) is 9.12. The van der Waals surface area contributed by atoms with Gasteiger partial charge < -0.3 is 15.3 Å². The molecule has 1 aliphatic heterocycles. The monoisotopic (exact) mass is 429 g/mol. The number of carbonyl (C=O) groups excluding carboxylic acids is 2. The predicted octanol–water partition coefficient (Wildman–Crippen LogP) is 3.70. The number of amides is 2. The van der Waals surface area contributed by atoms with E-state index in [2.05, 4.69) is 10.3 Å². The number of rotatable bonds is 6. The van der Waals surface area contributed by atoms with Crippen LogP contribution in [0.25, 0.3) is 10.4 Å². The van der Waals surface area contributed by atoms with Crippen LogP contribution in [0.4, 0.5) is 0 Å². The molecule has 0 saturated carbocycles. The number of hydrogen-bond donors (Lipinski definition) is 2. The van der Waals surface area contributed by atoms with E-state index in [1.807, 2.05) is 57.5 Å². The maximum absolute atomic E-state index is 12.9.